The van der Waals surface area contributed by atoms with Gasteiger partial charge in [0.15, 0.2) is 5.69 Å². The van der Waals surface area contributed by atoms with Crippen LogP contribution in [0.15, 0.2) is 28.8 Å². The van der Waals surface area contributed by atoms with E-state index >= 15 is 0 Å². The summed E-state index contributed by atoms with van der Waals surface area (Å²) in [5, 5.41) is 6.33. The van der Waals surface area contributed by atoms with E-state index in [0.717, 1.165) is 0 Å². The predicted octanol–water partition coefficient (Wildman–Crippen LogP) is 1.89. The van der Waals surface area contributed by atoms with Gasteiger partial charge in [-0.25, -0.2) is 4.39 Å². The number of ether oxygens (including phenoxy) is 1. The summed E-state index contributed by atoms with van der Waals surface area (Å²) in [4.78, 5) is 13.8. The van der Waals surface area contributed by atoms with Crippen LogP contribution in [0.25, 0.3) is 0 Å². The molecule has 3 rings (SSSR count). The van der Waals surface area contributed by atoms with Crippen molar-refractivity contribution in [3.63, 3.8) is 0 Å². The van der Waals surface area contributed by atoms with Crippen LogP contribution >= 0.6 is 0 Å². The molecule has 6 nitrogen and oxygen atoms in total. The van der Waals surface area contributed by atoms with Gasteiger partial charge in [-0.05, 0) is 24.6 Å². The summed E-state index contributed by atoms with van der Waals surface area (Å²) >= 11 is 0. The van der Waals surface area contributed by atoms with Crippen molar-refractivity contribution in [2.75, 3.05) is 31.2 Å². The van der Waals surface area contributed by atoms with E-state index in [0.29, 0.717) is 43.3 Å². The van der Waals surface area contributed by atoms with Crippen LogP contribution < -0.4 is 10.2 Å². The summed E-state index contributed by atoms with van der Waals surface area (Å²) in [6, 6.07) is 6.54. The second-order valence-electron chi connectivity index (χ2n) is 5.39. The van der Waals surface area contributed by atoms with Gasteiger partial charge in [-0.2, -0.15) is 0 Å². The molecule has 1 saturated heterocycles. The lowest BCUT2D eigenvalue weighted by atomic mass is 10.1. The number of benzene rings is 1. The Morgan fingerprint density at radius 1 is 1.35 bits per heavy atom. The lowest BCUT2D eigenvalue weighted by Gasteiger charge is -2.29. The fourth-order valence-corrected chi connectivity index (χ4v) is 2.47. The highest BCUT2D eigenvalue weighted by atomic mass is 19.1. The van der Waals surface area contributed by atoms with Crippen LogP contribution in [0.3, 0.4) is 0 Å². The molecule has 1 aliphatic rings. The first kappa shape index (κ1) is 15.5. The fraction of sp³-hybridized carbons (Fsp3) is 0.375. The standard InChI is InChI=1S/C16H18FN3O3/c1-11-8-14(19-23-11)16(21)18-10-12-2-3-15(13(17)9-12)20-4-6-22-7-5-20/h2-3,8-9H,4-7,10H2,1H3,(H,18,21). The van der Waals surface area contributed by atoms with Crippen LogP contribution in [-0.2, 0) is 11.3 Å². The minimum atomic E-state index is -0.348. The van der Waals surface area contributed by atoms with E-state index in [2.05, 4.69) is 10.5 Å². The molecule has 1 aromatic carbocycles. The Labute approximate surface area is 133 Å². The van der Waals surface area contributed by atoms with Crippen LogP contribution in [0.5, 0.6) is 0 Å². The second kappa shape index (κ2) is 6.78. The number of halogens is 1. The van der Waals surface area contributed by atoms with Crippen LogP contribution in [-0.4, -0.2) is 37.4 Å². The van der Waals surface area contributed by atoms with Crippen molar-refractivity contribution in [2.24, 2.45) is 0 Å². The minimum Gasteiger partial charge on any atom is -0.378 e. The molecule has 122 valence electrons. The van der Waals surface area contributed by atoms with Crippen LogP contribution in [0.4, 0.5) is 10.1 Å². The third-order valence-corrected chi connectivity index (χ3v) is 3.68. The Hall–Kier alpha value is -2.41. The smallest absolute Gasteiger partial charge is 0.273 e. The Bertz CT molecular complexity index is 696. The van der Waals surface area contributed by atoms with Gasteiger partial charge >= 0.3 is 0 Å². The molecule has 1 fully saturated rings. The van der Waals surface area contributed by atoms with Crippen LogP contribution in [0.1, 0.15) is 21.8 Å². The molecule has 7 heteroatoms. The van der Waals surface area contributed by atoms with Crippen molar-refractivity contribution in [1.29, 1.82) is 0 Å². The number of carbonyl (C=O) groups is 1. The van der Waals surface area contributed by atoms with E-state index in [9.17, 15) is 9.18 Å². The molecule has 1 aromatic heterocycles. The quantitative estimate of drug-likeness (QED) is 0.932. The normalized spacial score (nSPS) is 14.8. The van der Waals surface area contributed by atoms with E-state index in [1.54, 1.807) is 19.1 Å². The van der Waals surface area contributed by atoms with E-state index in [-0.39, 0.29) is 24.0 Å². The number of hydrogen-bond acceptors (Lipinski definition) is 5. The number of carbonyl (C=O) groups excluding carboxylic acids is 1. The van der Waals surface area contributed by atoms with Crippen molar-refractivity contribution in [3.8, 4) is 0 Å². The summed E-state index contributed by atoms with van der Waals surface area (Å²) in [6.45, 7) is 4.51. The Morgan fingerprint density at radius 2 is 2.13 bits per heavy atom. The summed E-state index contributed by atoms with van der Waals surface area (Å²) in [5.41, 5.74) is 1.47. The SMILES string of the molecule is Cc1cc(C(=O)NCc2ccc(N3CCOCC3)c(F)c2)no1. The van der Waals surface area contributed by atoms with Gasteiger partial charge in [0.05, 0.1) is 18.9 Å². The van der Waals surface area contributed by atoms with E-state index in [1.807, 2.05) is 11.0 Å². The Morgan fingerprint density at radius 3 is 2.78 bits per heavy atom. The number of morpholine rings is 1. The average Bonchev–Trinajstić information content (AvgIpc) is 3.00. The lowest BCUT2D eigenvalue weighted by Crippen LogP contribution is -2.36. The molecular formula is C16H18FN3O3. The molecule has 0 radical (unpaired) electrons. The van der Waals surface area contributed by atoms with Crippen molar-refractivity contribution in [2.45, 2.75) is 13.5 Å². The number of anilines is 1. The molecule has 1 N–H and O–H groups in total. The number of nitrogens with zero attached hydrogens (tertiary/aromatic N) is 2. The van der Waals surface area contributed by atoms with Gasteiger partial charge in [-0.1, -0.05) is 11.2 Å². The molecule has 2 aromatic rings. The number of aromatic nitrogens is 1. The predicted molar refractivity (Wildman–Crippen MR) is 81.8 cm³/mol. The van der Waals surface area contributed by atoms with Gasteiger partial charge in [0.1, 0.15) is 11.6 Å². The highest BCUT2D eigenvalue weighted by Gasteiger charge is 2.16. The number of amides is 1. The summed E-state index contributed by atoms with van der Waals surface area (Å²) in [7, 11) is 0. The zero-order valence-corrected chi connectivity index (χ0v) is 12.8. The molecule has 23 heavy (non-hydrogen) atoms. The zero-order valence-electron chi connectivity index (χ0n) is 12.8. The van der Waals surface area contributed by atoms with Gasteiger partial charge in [-0.3, -0.25) is 4.79 Å². The monoisotopic (exact) mass is 319 g/mol. The Kier molecular flexibility index (Phi) is 4.57. The largest absolute Gasteiger partial charge is 0.378 e. The average molecular weight is 319 g/mol. The molecule has 1 aliphatic heterocycles. The van der Waals surface area contributed by atoms with Crippen molar-refractivity contribution < 1.29 is 18.4 Å². The summed E-state index contributed by atoms with van der Waals surface area (Å²) in [5.74, 6) is -0.0773. The van der Waals surface area contributed by atoms with Crippen LogP contribution in [0.2, 0.25) is 0 Å². The first-order valence-corrected chi connectivity index (χ1v) is 7.46. The number of aryl methyl sites for hydroxylation is 1. The summed E-state index contributed by atoms with van der Waals surface area (Å²) < 4.78 is 24.4. The maximum Gasteiger partial charge on any atom is 0.273 e. The van der Waals surface area contributed by atoms with Gasteiger partial charge < -0.3 is 19.5 Å². The first-order valence-electron chi connectivity index (χ1n) is 7.46. The molecule has 0 saturated carbocycles. The Balaban J connectivity index is 1.62. The van der Waals surface area contributed by atoms with Gasteiger partial charge in [0, 0.05) is 25.7 Å². The van der Waals surface area contributed by atoms with E-state index in [4.69, 9.17) is 9.26 Å². The summed E-state index contributed by atoms with van der Waals surface area (Å²) in [6.07, 6.45) is 0. The molecule has 2 heterocycles. The van der Waals surface area contributed by atoms with E-state index < -0.39 is 0 Å². The van der Waals surface area contributed by atoms with Crippen LogP contribution in [0, 0.1) is 12.7 Å². The highest BCUT2D eigenvalue weighted by Crippen LogP contribution is 2.21. The van der Waals surface area contributed by atoms with E-state index in [1.165, 1.54) is 6.07 Å². The molecule has 0 spiro atoms. The van der Waals surface area contributed by atoms with Crippen molar-refractivity contribution >= 4 is 11.6 Å². The molecule has 0 aliphatic carbocycles. The number of nitrogens with one attached hydrogen (secondary N) is 1. The topological polar surface area (TPSA) is 67.6 Å². The number of hydrogen-bond donors (Lipinski definition) is 1. The molecular weight excluding hydrogens is 301 g/mol. The molecule has 1 amide bonds. The zero-order chi connectivity index (χ0) is 16.2. The van der Waals surface area contributed by atoms with Gasteiger partial charge in [-0.15, -0.1) is 0 Å². The first-order chi connectivity index (χ1) is 11.1. The third-order valence-electron chi connectivity index (χ3n) is 3.68. The highest BCUT2D eigenvalue weighted by molar-refractivity contribution is 5.92. The lowest BCUT2D eigenvalue weighted by molar-refractivity contribution is 0.0941. The second-order valence-corrected chi connectivity index (χ2v) is 5.39. The molecule has 0 bridgehead atoms. The maximum absolute atomic E-state index is 14.3. The minimum absolute atomic E-state index is 0.216. The third kappa shape index (κ3) is 3.68. The molecule has 0 unspecified atom stereocenters. The maximum atomic E-state index is 14.3. The number of rotatable bonds is 4. The van der Waals surface area contributed by atoms with Crippen molar-refractivity contribution in [1.82, 2.24) is 10.5 Å². The van der Waals surface area contributed by atoms with Gasteiger partial charge in [0.2, 0.25) is 0 Å². The van der Waals surface area contributed by atoms with Gasteiger partial charge in [0.25, 0.3) is 5.91 Å². The fourth-order valence-electron chi connectivity index (χ4n) is 2.47. The molecule has 0 atom stereocenters. The van der Waals surface area contributed by atoms with Crippen molar-refractivity contribution in [3.05, 3.63) is 47.1 Å².